The lowest BCUT2D eigenvalue weighted by Gasteiger charge is -2.05. The van der Waals surface area contributed by atoms with Gasteiger partial charge in [0.1, 0.15) is 10.7 Å². The predicted octanol–water partition coefficient (Wildman–Crippen LogP) is 2.77. The summed E-state index contributed by atoms with van der Waals surface area (Å²) in [6, 6.07) is 3.53. The zero-order valence-corrected chi connectivity index (χ0v) is 17.8. The maximum absolute atomic E-state index is 14.3. The van der Waals surface area contributed by atoms with Crippen LogP contribution in [0.3, 0.4) is 0 Å². The summed E-state index contributed by atoms with van der Waals surface area (Å²) < 4.78 is 39.4. The highest BCUT2D eigenvalue weighted by atomic mass is 32.2. The van der Waals surface area contributed by atoms with Crippen LogP contribution in [0.1, 0.15) is 11.4 Å². The molecule has 11 heteroatoms. The number of amides is 2. The Morgan fingerprint density at radius 2 is 2.10 bits per heavy atom. The first-order chi connectivity index (χ1) is 13.6. The van der Waals surface area contributed by atoms with Crippen molar-refractivity contribution in [3.05, 3.63) is 53.3 Å². The van der Waals surface area contributed by atoms with E-state index >= 15 is 0 Å². The molecule has 0 bridgehead atoms. The normalized spacial score (nSPS) is 12.1. The van der Waals surface area contributed by atoms with E-state index in [9.17, 15) is 17.6 Å². The molecule has 0 saturated heterocycles. The van der Waals surface area contributed by atoms with E-state index in [0.29, 0.717) is 28.7 Å². The van der Waals surface area contributed by atoms with Crippen molar-refractivity contribution in [1.82, 2.24) is 19.9 Å². The van der Waals surface area contributed by atoms with Gasteiger partial charge < -0.3 is 9.88 Å². The molecule has 2 aromatic heterocycles. The SMILES string of the molecule is Cc1c[s+](-c2ccc(S(C)(=O)=O)c(F)c2)c(NC(=O)NCCc2cncn2C)n1. The van der Waals surface area contributed by atoms with E-state index in [0.717, 1.165) is 11.9 Å². The Hall–Kier alpha value is -2.79. The molecule has 0 fully saturated rings. The Balaban J connectivity index is 1.73. The molecule has 0 aliphatic heterocycles. The maximum atomic E-state index is 14.3. The van der Waals surface area contributed by atoms with Gasteiger partial charge in [0, 0.05) is 44.2 Å². The van der Waals surface area contributed by atoms with Gasteiger partial charge >= 0.3 is 11.2 Å². The van der Waals surface area contributed by atoms with Gasteiger partial charge in [0.25, 0.3) is 0 Å². The fourth-order valence-electron chi connectivity index (χ4n) is 2.71. The van der Waals surface area contributed by atoms with E-state index < -0.39 is 32.2 Å². The molecule has 1 aromatic carbocycles. The zero-order valence-electron chi connectivity index (χ0n) is 16.1. The van der Waals surface area contributed by atoms with Gasteiger partial charge in [0.05, 0.1) is 22.5 Å². The second-order valence-corrected chi connectivity index (χ2v) is 10.3. The number of aryl methyl sites for hydroxylation is 2. The van der Waals surface area contributed by atoms with Crippen molar-refractivity contribution in [3.63, 3.8) is 0 Å². The van der Waals surface area contributed by atoms with Crippen molar-refractivity contribution in [1.29, 1.82) is 0 Å². The highest BCUT2D eigenvalue weighted by Gasteiger charge is 2.25. The molecule has 2 N–H and O–H groups in total. The Bertz CT molecular complexity index is 1150. The third kappa shape index (κ3) is 4.98. The van der Waals surface area contributed by atoms with Crippen LogP contribution in [0.4, 0.5) is 14.3 Å². The Labute approximate surface area is 170 Å². The van der Waals surface area contributed by atoms with Crippen LogP contribution < -0.4 is 10.6 Å². The largest absolute Gasteiger partial charge is 0.353 e. The lowest BCUT2D eigenvalue weighted by atomic mass is 10.3. The molecule has 2 heterocycles. The fourth-order valence-corrected chi connectivity index (χ4v) is 5.20. The molecule has 0 radical (unpaired) electrons. The molecule has 0 aliphatic rings. The quantitative estimate of drug-likeness (QED) is 0.576. The first kappa shape index (κ1) is 20.9. The maximum Gasteiger partial charge on any atom is 0.353 e. The van der Waals surface area contributed by atoms with E-state index in [1.54, 1.807) is 24.8 Å². The molecule has 29 heavy (non-hydrogen) atoms. The third-order valence-corrected chi connectivity index (χ3v) is 7.21. The number of carbonyl (C=O) groups excluding carboxylic acids is 1. The molecule has 2 amide bonds. The summed E-state index contributed by atoms with van der Waals surface area (Å²) in [6.07, 6.45) is 5.01. The topological polar surface area (TPSA) is 106 Å². The van der Waals surface area contributed by atoms with Crippen molar-refractivity contribution in [2.75, 3.05) is 18.1 Å². The molecule has 0 aliphatic carbocycles. The van der Waals surface area contributed by atoms with Crippen LogP contribution in [-0.2, 0) is 23.3 Å². The lowest BCUT2D eigenvalue weighted by Crippen LogP contribution is -2.30. The smallest absolute Gasteiger partial charge is 0.338 e. The van der Waals surface area contributed by atoms with Crippen LogP contribution in [0.2, 0.25) is 0 Å². The molecule has 3 rings (SSSR count). The third-order valence-electron chi connectivity index (χ3n) is 4.13. The molecule has 1 atom stereocenters. The van der Waals surface area contributed by atoms with E-state index in [1.165, 1.54) is 18.2 Å². The van der Waals surface area contributed by atoms with Gasteiger partial charge in [-0.3, -0.25) is 0 Å². The van der Waals surface area contributed by atoms with Gasteiger partial charge in [-0.05, 0) is 19.1 Å². The molecule has 1 unspecified atom stereocenters. The standard InChI is InChI=1S/C18H20FN5O3S2/c1-12-10-28(14-4-5-16(15(19)8-14)29(3,26)27)18(22-12)23-17(25)21-7-6-13-9-20-11-24(13)2/h4-5,8-11H,6-7H2,1-3H3,(H-,21,22,23,25)/p+1. The van der Waals surface area contributed by atoms with E-state index in [2.05, 4.69) is 20.6 Å². The summed E-state index contributed by atoms with van der Waals surface area (Å²) >= 11 is 0. The van der Waals surface area contributed by atoms with Crippen molar-refractivity contribution in [3.8, 4) is 4.90 Å². The number of thiazole rings is 1. The summed E-state index contributed by atoms with van der Waals surface area (Å²) in [5.41, 5.74) is 1.67. The number of rotatable bonds is 6. The summed E-state index contributed by atoms with van der Waals surface area (Å²) in [4.78, 5) is 20.8. The highest BCUT2D eigenvalue weighted by Crippen LogP contribution is 2.39. The van der Waals surface area contributed by atoms with Crippen LogP contribution in [-0.4, -0.2) is 41.8 Å². The van der Waals surface area contributed by atoms with Crippen molar-refractivity contribution in [2.45, 2.75) is 18.2 Å². The van der Waals surface area contributed by atoms with Gasteiger partial charge in [-0.2, -0.15) is 4.98 Å². The minimum atomic E-state index is -3.65. The fraction of sp³-hybridized carbons (Fsp3) is 0.278. The summed E-state index contributed by atoms with van der Waals surface area (Å²) in [5.74, 6) is -0.824. The van der Waals surface area contributed by atoms with E-state index in [1.807, 2.05) is 11.6 Å². The average molecular weight is 439 g/mol. The van der Waals surface area contributed by atoms with Crippen LogP contribution in [0.5, 0.6) is 0 Å². The van der Waals surface area contributed by atoms with Crippen LogP contribution in [0.25, 0.3) is 4.90 Å². The number of sulfone groups is 1. The van der Waals surface area contributed by atoms with Crippen molar-refractivity contribution in [2.24, 2.45) is 7.05 Å². The van der Waals surface area contributed by atoms with Gasteiger partial charge in [-0.25, -0.2) is 27.9 Å². The van der Waals surface area contributed by atoms with Crippen molar-refractivity contribution >= 4 is 31.5 Å². The number of anilines is 1. The number of nitrogens with zero attached hydrogens (tertiary/aromatic N) is 3. The zero-order chi connectivity index (χ0) is 21.2. The minimum Gasteiger partial charge on any atom is -0.338 e. The number of benzene rings is 1. The average Bonchev–Trinajstić information content (AvgIpc) is 3.19. The lowest BCUT2D eigenvalue weighted by molar-refractivity contribution is 0.252. The number of urea groups is 1. The van der Waals surface area contributed by atoms with Crippen LogP contribution >= 0.6 is 10.5 Å². The highest BCUT2D eigenvalue weighted by molar-refractivity contribution is 7.90. The number of halogens is 1. The Morgan fingerprint density at radius 1 is 1.34 bits per heavy atom. The van der Waals surface area contributed by atoms with Gasteiger partial charge in [-0.1, -0.05) is 0 Å². The van der Waals surface area contributed by atoms with Crippen LogP contribution in [0, 0.1) is 12.7 Å². The monoisotopic (exact) mass is 438 g/mol. The summed E-state index contributed by atoms with van der Waals surface area (Å²) in [5, 5.41) is 7.66. The molecule has 154 valence electrons. The summed E-state index contributed by atoms with van der Waals surface area (Å²) in [6.45, 7) is 2.19. The molecule has 0 saturated carbocycles. The second kappa shape index (κ2) is 8.29. The van der Waals surface area contributed by atoms with E-state index in [4.69, 9.17) is 0 Å². The first-order valence-electron chi connectivity index (χ1n) is 8.65. The molecular weight excluding hydrogens is 417 g/mol. The number of imidazole rings is 1. The first-order valence-corrected chi connectivity index (χ1v) is 11.8. The van der Waals surface area contributed by atoms with Gasteiger partial charge in [-0.15, -0.1) is 0 Å². The van der Waals surface area contributed by atoms with Crippen molar-refractivity contribution < 1.29 is 17.6 Å². The summed E-state index contributed by atoms with van der Waals surface area (Å²) in [7, 11) is -2.57. The molecule has 8 nitrogen and oxygen atoms in total. The predicted molar refractivity (Wildman–Crippen MR) is 110 cm³/mol. The molecule has 0 spiro atoms. The number of aromatic nitrogens is 3. The van der Waals surface area contributed by atoms with Gasteiger partial charge in [0.15, 0.2) is 20.1 Å². The number of hydrogen-bond donors (Lipinski definition) is 2. The number of hydrogen-bond acceptors (Lipinski definition) is 5. The Morgan fingerprint density at radius 3 is 2.72 bits per heavy atom. The Kier molecular flexibility index (Phi) is 5.99. The minimum absolute atomic E-state index is 0.357. The number of carbonyl (C=O) groups is 1. The van der Waals surface area contributed by atoms with Crippen LogP contribution in [0.15, 0.2) is 41.0 Å². The molecular formula is C18H21FN5O3S2+. The van der Waals surface area contributed by atoms with E-state index in [-0.39, 0.29) is 4.90 Å². The molecule has 3 aromatic rings. The number of nitrogens with one attached hydrogen (secondary N) is 2. The second-order valence-electron chi connectivity index (χ2n) is 6.51. The van der Waals surface area contributed by atoms with Gasteiger partial charge in [0.2, 0.25) is 0 Å².